The lowest BCUT2D eigenvalue weighted by Crippen LogP contribution is -2.32. The van der Waals surface area contributed by atoms with E-state index in [-0.39, 0.29) is 21.8 Å². The highest BCUT2D eigenvalue weighted by atomic mass is 32.2. The second kappa shape index (κ2) is 8.05. The molecule has 28 heavy (non-hydrogen) atoms. The third kappa shape index (κ3) is 3.71. The first kappa shape index (κ1) is 20.5. The Bertz CT molecular complexity index is 1050. The summed E-state index contributed by atoms with van der Waals surface area (Å²) in [6.07, 6.45) is 5.03. The molecular formula is C20H27N3O4S. The van der Waals surface area contributed by atoms with Crippen molar-refractivity contribution in [1.29, 1.82) is 0 Å². The molecule has 0 spiro atoms. The molecule has 0 radical (unpaired) electrons. The molecule has 0 bridgehead atoms. The smallest absolute Gasteiger partial charge is 0.259 e. The number of benzene rings is 1. The average molecular weight is 406 g/mol. The second-order valence-electron chi connectivity index (χ2n) is 7.35. The van der Waals surface area contributed by atoms with Gasteiger partial charge in [0.2, 0.25) is 15.5 Å². The zero-order chi connectivity index (χ0) is 20.5. The van der Waals surface area contributed by atoms with Crippen molar-refractivity contribution in [2.75, 3.05) is 26.7 Å². The van der Waals surface area contributed by atoms with Crippen LogP contribution in [0.25, 0.3) is 10.9 Å². The number of nitrogens with zero attached hydrogens (tertiary/aromatic N) is 3. The van der Waals surface area contributed by atoms with Crippen molar-refractivity contribution in [3.63, 3.8) is 0 Å². The van der Waals surface area contributed by atoms with Crippen LogP contribution < -0.4 is 5.43 Å². The predicted molar refractivity (Wildman–Crippen MR) is 109 cm³/mol. The molecule has 1 aliphatic heterocycles. The Kier molecular flexibility index (Phi) is 5.90. The Hall–Kier alpha value is -2.19. The normalized spacial score (nSPS) is 15.2. The van der Waals surface area contributed by atoms with Crippen molar-refractivity contribution in [3.05, 3.63) is 40.2 Å². The van der Waals surface area contributed by atoms with Gasteiger partial charge in [0.05, 0.1) is 10.4 Å². The van der Waals surface area contributed by atoms with Crippen LogP contribution in [-0.4, -0.2) is 54.8 Å². The maximum absolute atomic E-state index is 13.0. The van der Waals surface area contributed by atoms with Gasteiger partial charge in [0, 0.05) is 45.3 Å². The van der Waals surface area contributed by atoms with Gasteiger partial charge in [-0.15, -0.1) is 0 Å². The number of fused-ring (bicyclic) bond motifs is 1. The van der Waals surface area contributed by atoms with E-state index in [1.54, 1.807) is 24.7 Å². The molecule has 1 saturated heterocycles. The number of hydrogen-bond acceptors (Lipinski definition) is 4. The number of aromatic nitrogens is 1. The van der Waals surface area contributed by atoms with Gasteiger partial charge in [0.1, 0.15) is 5.56 Å². The Morgan fingerprint density at radius 2 is 1.89 bits per heavy atom. The van der Waals surface area contributed by atoms with Crippen molar-refractivity contribution < 1.29 is 13.2 Å². The van der Waals surface area contributed by atoms with Gasteiger partial charge in [-0.25, -0.2) is 8.42 Å². The molecular weight excluding hydrogens is 378 g/mol. The Labute approximate surface area is 165 Å². The number of hydrogen-bond donors (Lipinski definition) is 0. The summed E-state index contributed by atoms with van der Waals surface area (Å²) in [5.41, 5.74) is 0.224. The van der Waals surface area contributed by atoms with E-state index in [0.29, 0.717) is 25.2 Å². The van der Waals surface area contributed by atoms with Crippen LogP contribution in [0.5, 0.6) is 0 Å². The maximum atomic E-state index is 13.0. The summed E-state index contributed by atoms with van der Waals surface area (Å²) >= 11 is 0. The molecule has 0 aliphatic carbocycles. The van der Waals surface area contributed by atoms with Crippen molar-refractivity contribution >= 4 is 26.8 Å². The van der Waals surface area contributed by atoms with Crippen LogP contribution in [0.1, 0.15) is 43.0 Å². The molecule has 1 aromatic heterocycles. The van der Waals surface area contributed by atoms with Gasteiger partial charge < -0.3 is 9.47 Å². The third-order valence-electron chi connectivity index (χ3n) is 5.29. The number of aryl methyl sites for hydroxylation is 1. The lowest BCUT2D eigenvalue weighted by atomic mass is 10.1. The Balaban J connectivity index is 2.09. The fourth-order valence-electron chi connectivity index (χ4n) is 3.56. The van der Waals surface area contributed by atoms with E-state index in [9.17, 15) is 18.0 Å². The summed E-state index contributed by atoms with van der Waals surface area (Å²) in [5.74, 6) is -0.344. The molecule has 1 amide bonds. The summed E-state index contributed by atoms with van der Waals surface area (Å²) in [7, 11) is -0.206. The molecule has 152 valence electrons. The highest BCUT2D eigenvalue weighted by Gasteiger charge is 2.28. The molecule has 2 aromatic rings. The van der Waals surface area contributed by atoms with E-state index in [1.165, 1.54) is 27.5 Å². The van der Waals surface area contributed by atoms with Gasteiger partial charge >= 0.3 is 0 Å². The number of pyridine rings is 1. The molecule has 0 N–H and O–H groups in total. The van der Waals surface area contributed by atoms with Gasteiger partial charge in [-0.3, -0.25) is 9.59 Å². The van der Waals surface area contributed by atoms with E-state index >= 15 is 0 Å². The molecule has 8 heteroatoms. The second-order valence-corrected chi connectivity index (χ2v) is 9.29. The fourth-order valence-corrected chi connectivity index (χ4v) is 5.11. The van der Waals surface area contributed by atoms with Crippen LogP contribution in [0.3, 0.4) is 0 Å². The minimum Gasteiger partial charge on any atom is -0.350 e. The topological polar surface area (TPSA) is 79.7 Å². The van der Waals surface area contributed by atoms with E-state index in [4.69, 9.17) is 0 Å². The van der Waals surface area contributed by atoms with Crippen molar-refractivity contribution in [1.82, 2.24) is 13.8 Å². The lowest BCUT2D eigenvalue weighted by Gasteiger charge is -2.18. The summed E-state index contributed by atoms with van der Waals surface area (Å²) < 4.78 is 28.9. The summed E-state index contributed by atoms with van der Waals surface area (Å²) in [5, 5.41) is 0.248. The van der Waals surface area contributed by atoms with Crippen LogP contribution in [0.15, 0.2) is 34.1 Å². The van der Waals surface area contributed by atoms with Gasteiger partial charge in [-0.2, -0.15) is 4.31 Å². The molecule has 0 saturated carbocycles. The highest BCUT2D eigenvalue weighted by molar-refractivity contribution is 7.89. The summed E-state index contributed by atoms with van der Waals surface area (Å²) in [4.78, 5) is 27.4. The average Bonchev–Trinajstić information content (AvgIpc) is 3.23. The number of carbonyl (C=O) groups is 1. The van der Waals surface area contributed by atoms with Crippen molar-refractivity contribution in [2.24, 2.45) is 7.05 Å². The molecule has 1 fully saturated rings. The third-order valence-corrected chi connectivity index (χ3v) is 7.18. The zero-order valence-corrected chi connectivity index (χ0v) is 17.5. The first-order chi connectivity index (χ1) is 13.3. The summed E-state index contributed by atoms with van der Waals surface area (Å²) in [6.45, 7) is 3.61. The summed E-state index contributed by atoms with van der Waals surface area (Å²) in [6, 6.07) is 4.58. The Morgan fingerprint density at radius 1 is 1.21 bits per heavy atom. The minimum atomic E-state index is -3.63. The maximum Gasteiger partial charge on any atom is 0.259 e. The van der Waals surface area contributed by atoms with Crippen LogP contribution in [-0.2, 0) is 17.1 Å². The first-order valence-electron chi connectivity index (χ1n) is 9.66. The SMILES string of the molecule is CCCCN(C)C(=O)c1cn(C)c2ccc(S(=O)(=O)N3CCCC3)cc2c1=O. The van der Waals surface area contributed by atoms with Crippen molar-refractivity contribution in [2.45, 2.75) is 37.5 Å². The van der Waals surface area contributed by atoms with Gasteiger partial charge in [0.15, 0.2) is 0 Å². The first-order valence-corrected chi connectivity index (χ1v) is 11.1. The van der Waals surface area contributed by atoms with E-state index in [1.807, 2.05) is 6.92 Å². The van der Waals surface area contributed by atoms with Gasteiger partial charge in [-0.05, 0) is 37.5 Å². The van der Waals surface area contributed by atoms with Crippen LogP contribution >= 0.6 is 0 Å². The quantitative estimate of drug-likeness (QED) is 0.738. The number of amides is 1. The highest BCUT2D eigenvalue weighted by Crippen LogP contribution is 2.23. The van der Waals surface area contributed by atoms with Crippen LogP contribution in [0, 0.1) is 0 Å². The molecule has 7 nitrogen and oxygen atoms in total. The monoisotopic (exact) mass is 405 g/mol. The predicted octanol–water partition coefficient (Wildman–Crippen LogP) is 2.20. The van der Waals surface area contributed by atoms with Crippen molar-refractivity contribution in [3.8, 4) is 0 Å². The molecule has 1 aliphatic rings. The molecule has 1 aromatic carbocycles. The minimum absolute atomic E-state index is 0.0596. The largest absolute Gasteiger partial charge is 0.350 e. The fraction of sp³-hybridized carbons (Fsp3) is 0.500. The van der Waals surface area contributed by atoms with E-state index < -0.39 is 15.5 Å². The zero-order valence-electron chi connectivity index (χ0n) is 16.6. The number of unbranched alkanes of at least 4 members (excludes halogenated alkanes) is 1. The van der Waals surface area contributed by atoms with E-state index in [0.717, 1.165) is 25.7 Å². The molecule has 0 unspecified atom stereocenters. The number of rotatable bonds is 6. The number of sulfonamides is 1. The lowest BCUT2D eigenvalue weighted by molar-refractivity contribution is 0.0791. The molecule has 0 atom stereocenters. The standard InChI is InChI=1S/C20H27N3O4S/c1-4-5-10-21(2)20(25)17-14-22(3)18-9-8-15(13-16(18)19(17)24)28(26,27)23-11-6-7-12-23/h8-9,13-14H,4-7,10-12H2,1-3H3. The Morgan fingerprint density at radius 3 is 2.54 bits per heavy atom. The van der Waals surface area contributed by atoms with Gasteiger partial charge in [-0.1, -0.05) is 13.3 Å². The van der Waals surface area contributed by atoms with Crippen LogP contribution in [0.4, 0.5) is 0 Å². The van der Waals surface area contributed by atoms with Gasteiger partial charge in [0.25, 0.3) is 5.91 Å². The molecule has 2 heterocycles. The van der Waals surface area contributed by atoms with E-state index in [2.05, 4.69) is 0 Å². The molecule has 3 rings (SSSR count). The van der Waals surface area contributed by atoms with Crippen LogP contribution in [0.2, 0.25) is 0 Å². The number of carbonyl (C=O) groups excluding carboxylic acids is 1.